The van der Waals surface area contributed by atoms with E-state index in [0.29, 0.717) is 5.88 Å². The number of nitrogens with zero attached hydrogens (tertiary/aromatic N) is 2. The van der Waals surface area contributed by atoms with Crippen LogP contribution in [0.4, 0.5) is 4.39 Å². The Labute approximate surface area is 118 Å². The summed E-state index contributed by atoms with van der Waals surface area (Å²) in [4.78, 5) is 0. The molecule has 6 heteroatoms. The second-order valence-corrected chi connectivity index (χ2v) is 4.99. The lowest BCUT2D eigenvalue weighted by Gasteiger charge is -2.08. The Morgan fingerprint density at radius 2 is 2.22 bits per heavy atom. The molecule has 1 aromatic heterocycles. The fourth-order valence-corrected chi connectivity index (χ4v) is 2.27. The molecule has 0 aliphatic rings. The number of rotatable bonds is 3. The SMILES string of the molecule is Cc1nn(C)c(Oc2cc(Br)ccc2F)c1CCl. The topological polar surface area (TPSA) is 27.1 Å². The zero-order valence-electron chi connectivity index (χ0n) is 9.88. The predicted molar refractivity (Wildman–Crippen MR) is 71.7 cm³/mol. The van der Waals surface area contributed by atoms with Gasteiger partial charge in [0.15, 0.2) is 11.6 Å². The van der Waals surface area contributed by atoms with Crippen LogP contribution in [0.1, 0.15) is 11.3 Å². The van der Waals surface area contributed by atoms with Gasteiger partial charge in [0, 0.05) is 11.5 Å². The van der Waals surface area contributed by atoms with E-state index in [1.807, 2.05) is 6.92 Å². The largest absolute Gasteiger partial charge is 0.436 e. The molecule has 0 spiro atoms. The molecule has 2 rings (SSSR count). The minimum absolute atomic E-state index is 0.138. The summed E-state index contributed by atoms with van der Waals surface area (Å²) in [5, 5.41) is 4.20. The molecule has 0 amide bonds. The second kappa shape index (κ2) is 5.28. The summed E-state index contributed by atoms with van der Waals surface area (Å²) in [6, 6.07) is 4.51. The summed E-state index contributed by atoms with van der Waals surface area (Å²) in [6.45, 7) is 1.84. The highest BCUT2D eigenvalue weighted by molar-refractivity contribution is 9.10. The molecule has 0 bridgehead atoms. The van der Waals surface area contributed by atoms with E-state index in [1.165, 1.54) is 6.07 Å². The summed E-state index contributed by atoms with van der Waals surface area (Å²) in [7, 11) is 1.73. The van der Waals surface area contributed by atoms with Crippen LogP contribution in [-0.2, 0) is 12.9 Å². The van der Waals surface area contributed by atoms with Gasteiger partial charge in [-0.3, -0.25) is 0 Å². The maximum Gasteiger partial charge on any atom is 0.222 e. The Kier molecular flexibility index (Phi) is 3.92. The first-order valence-electron chi connectivity index (χ1n) is 5.24. The van der Waals surface area contributed by atoms with Gasteiger partial charge in [0.1, 0.15) is 0 Å². The van der Waals surface area contributed by atoms with E-state index in [9.17, 15) is 4.39 Å². The molecule has 0 N–H and O–H groups in total. The molecule has 0 saturated heterocycles. The Bertz CT molecular complexity index is 586. The Balaban J connectivity index is 2.42. The Morgan fingerprint density at radius 1 is 1.50 bits per heavy atom. The van der Waals surface area contributed by atoms with E-state index in [0.717, 1.165) is 15.7 Å². The van der Waals surface area contributed by atoms with Crippen LogP contribution >= 0.6 is 27.5 Å². The third-order valence-electron chi connectivity index (χ3n) is 2.52. The van der Waals surface area contributed by atoms with Crippen molar-refractivity contribution in [3.05, 3.63) is 39.7 Å². The van der Waals surface area contributed by atoms with Crippen molar-refractivity contribution in [2.45, 2.75) is 12.8 Å². The third-order valence-corrected chi connectivity index (χ3v) is 3.28. The van der Waals surface area contributed by atoms with Crippen molar-refractivity contribution in [3.8, 4) is 11.6 Å². The molecule has 3 nitrogen and oxygen atoms in total. The van der Waals surface area contributed by atoms with Gasteiger partial charge in [-0.2, -0.15) is 5.10 Å². The van der Waals surface area contributed by atoms with Gasteiger partial charge in [0.25, 0.3) is 0 Å². The molecule has 0 saturated carbocycles. The molecule has 0 aliphatic heterocycles. The van der Waals surface area contributed by atoms with Gasteiger partial charge in [-0.25, -0.2) is 9.07 Å². The molecular weight excluding hydrogens is 322 g/mol. The lowest BCUT2D eigenvalue weighted by atomic mass is 10.3. The predicted octanol–water partition coefficient (Wildman–Crippen LogP) is 4.16. The van der Waals surface area contributed by atoms with Gasteiger partial charge >= 0.3 is 0 Å². The van der Waals surface area contributed by atoms with Crippen molar-refractivity contribution < 1.29 is 9.13 Å². The van der Waals surface area contributed by atoms with Crippen LogP contribution in [0.25, 0.3) is 0 Å². The van der Waals surface area contributed by atoms with Crippen LogP contribution in [-0.4, -0.2) is 9.78 Å². The van der Waals surface area contributed by atoms with Crippen molar-refractivity contribution in [2.24, 2.45) is 7.05 Å². The van der Waals surface area contributed by atoms with Crippen molar-refractivity contribution in [2.75, 3.05) is 0 Å². The molecule has 0 radical (unpaired) electrons. The molecule has 0 fully saturated rings. The van der Waals surface area contributed by atoms with Gasteiger partial charge < -0.3 is 4.74 Å². The van der Waals surface area contributed by atoms with Gasteiger partial charge in [-0.1, -0.05) is 15.9 Å². The lowest BCUT2D eigenvalue weighted by molar-refractivity contribution is 0.400. The molecule has 1 aromatic carbocycles. The lowest BCUT2D eigenvalue weighted by Crippen LogP contribution is -1.98. The van der Waals surface area contributed by atoms with Crippen molar-refractivity contribution in [3.63, 3.8) is 0 Å². The molecule has 0 unspecified atom stereocenters. The maximum atomic E-state index is 13.6. The molecule has 18 heavy (non-hydrogen) atoms. The minimum atomic E-state index is -0.433. The number of halogens is 3. The van der Waals surface area contributed by atoms with Crippen molar-refractivity contribution in [1.29, 1.82) is 0 Å². The average molecular weight is 334 g/mol. The average Bonchev–Trinajstić information content (AvgIpc) is 2.58. The molecule has 0 atom stereocenters. The standard InChI is InChI=1S/C12H11BrClFN2O/c1-7-9(6-14)12(17(2)16-7)18-11-5-8(13)3-4-10(11)15/h3-5H,6H2,1-2H3. The molecular formula is C12H11BrClFN2O. The van der Waals surface area contributed by atoms with E-state index in [2.05, 4.69) is 21.0 Å². The number of aromatic nitrogens is 2. The van der Waals surface area contributed by atoms with Crippen molar-refractivity contribution >= 4 is 27.5 Å². The number of ether oxygens (including phenoxy) is 1. The van der Waals surface area contributed by atoms with Crippen LogP contribution < -0.4 is 4.74 Å². The zero-order valence-corrected chi connectivity index (χ0v) is 12.2. The van der Waals surface area contributed by atoms with E-state index < -0.39 is 5.82 Å². The maximum absolute atomic E-state index is 13.6. The van der Waals surface area contributed by atoms with Crippen LogP contribution in [0, 0.1) is 12.7 Å². The quantitative estimate of drug-likeness (QED) is 0.789. The highest BCUT2D eigenvalue weighted by Gasteiger charge is 2.16. The Hall–Kier alpha value is -1.07. The minimum Gasteiger partial charge on any atom is -0.436 e. The summed E-state index contributed by atoms with van der Waals surface area (Å²) in [5.41, 5.74) is 1.54. The second-order valence-electron chi connectivity index (χ2n) is 3.80. The third kappa shape index (κ3) is 2.52. The number of hydrogen-bond acceptors (Lipinski definition) is 2. The number of alkyl halides is 1. The number of hydrogen-bond donors (Lipinski definition) is 0. The van der Waals surface area contributed by atoms with E-state index in [4.69, 9.17) is 16.3 Å². The zero-order chi connectivity index (χ0) is 13.3. The van der Waals surface area contributed by atoms with Gasteiger partial charge in [-0.15, -0.1) is 11.6 Å². The fourth-order valence-electron chi connectivity index (χ4n) is 1.62. The van der Waals surface area contributed by atoms with Crippen molar-refractivity contribution in [1.82, 2.24) is 9.78 Å². The normalized spacial score (nSPS) is 10.7. The Morgan fingerprint density at radius 3 is 2.89 bits per heavy atom. The summed E-state index contributed by atoms with van der Waals surface area (Å²) >= 11 is 9.13. The van der Waals surface area contributed by atoms with Gasteiger partial charge in [-0.05, 0) is 25.1 Å². The smallest absolute Gasteiger partial charge is 0.222 e. The van der Waals surface area contributed by atoms with E-state index >= 15 is 0 Å². The summed E-state index contributed by atoms with van der Waals surface area (Å²) in [6.07, 6.45) is 0. The summed E-state index contributed by atoms with van der Waals surface area (Å²) in [5.74, 6) is 0.431. The van der Waals surface area contributed by atoms with Crippen LogP contribution in [0.3, 0.4) is 0 Å². The van der Waals surface area contributed by atoms with E-state index in [-0.39, 0.29) is 11.6 Å². The first kappa shape index (κ1) is 13.4. The first-order chi connectivity index (χ1) is 8.52. The molecule has 2 aromatic rings. The highest BCUT2D eigenvalue weighted by atomic mass is 79.9. The van der Waals surface area contributed by atoms with E-state index in [1.54, 1.807) is 23.9 Å². The van der Waals surface area contributed by atoms with Gasteiger partial charge in [0.05, 0.1) is 17.1 Å². The number of aryl methyl sites for hydroxylation is 2. The summed E-state index contributed by atoms with van der Waals surface area (Å²) < 4.78 is 21.5. The van der Waals surface area contributed by atoms with Gasteiger partial charge in [0.2, 0.25) is 5.88 Å². The molecule has 1 heterocycles. The highest BCUT2D eigenvalue weighted by Crippen LogP contribution is 2.31. The van der Waals surface area contributed by atoms with Crippen LogP contribution in [0.2, 0.25) is 0 Å². The van der Waals surface area contributed by atoms with Crippen LogP contribution in [0.15, 0.2) is 22.7 Å². The fraction of sp³-hybridized carbons (Fsp3) is 0.250. The first-order valence-corrected chi connectivity index (χ1v) is 6.57. The molecule has 0 aliphatic carbocycles. The number of benzene rings is 1. The monoisotopic (exact) mass is 332 g/mol. The molecule has 96 valence electrons. The van der Waals surface area contributed by atoms with Crippen LogP contribution in [0.5, 0.6) is 11.6 Å².